The molecule has 2 atom stereocenters. The van der Waals surface area contributed by atoms with Crippen LogP contribution >= 0.6 is 22.7 Å². The lowest BCUT2D eigenvalue weighted by molar-refractivity contribution is -0.266. The molecule has 0 radical (unpaired) electrons. The summed E-state index contributed by atoms with van der Waals surface area (Å²) < 4.78 is 12.6. The van der Waals surface area contributed by atoms with Gasteiger partial charge in [-0.2, -0.15) is 0 Å². The Bertz CT molecular complexity index is 1170. The maximum absolute atomic E-state index is 12.1. The Hall–Kier alpha value is -2.22. The van der Waals surface area contributed by atoms with Crippen molar-refractivity contribution < 1.29 is 19.1 Å². The van der Waals surface area contributed by atoms with E-state index in [1.807, 2.05) is 11.3 Å². The third-order valence-corrected chi connectivity index (χ3v) is 9.26. The van der Waals surface area contributed by atoms with E-state index in [1.165, 1.54) is 45.4 Å². The third-order valence-electron chi connectivity index (χ3n) is 7.28. The summed E-state index contributed by atoms with van der Waals surface area (Å²) in [5.41, 5.74) is 2.74. The molecule has 3 aromatic rings. The first-order valence-corrected chi connectivity index (χ1v) is 13.1. The van der Waals surface area contributed by atoms with Gasteiger partial charge in [-0.3, -0.25) is 0 Å². The van der Waals surface area contributed by atoms with E-state index in [0.717, 1.165) is 25.9 Å². The van der Waals surface area contributed by atoms with Gasteiger partial charge in [0, 0.05) is 29.1 Å². The molecule has 32 heavy (non-hydrogen) atoms. The molecule has 2 aromatic heterocycles. The topological polar surface area (TPSA) is 55.8 Å². The number of carbonyl (C=O) groups excluding carboxylic acids is 2. The van der Waals surface area contributed by atoms with Gasteiger partial charge in [-0.15, -0.1) is 22.7 Å². The number of nitrogens with zero attached hydrogens (tertiary/aromatic N) is 1. The number of carbonyl (C=O) groups is 2. The van der Waals surface area contributed by atoms with Gasteiger partial charge in [0.05, 0.1) is 0 Å². The van der Waals surface area contributed by atoms with E-state index in [-0.39, 0.29) is 5.92 Å². The molecule has 2 unspecified atom stereocenters. The first kappa shape index (κ1) is 20.4. The van der Waals surface area contributed by atoms with E-state index >= 15 is 0 Å². The number of thiophene rings is 2. The molecule has 0 saturated carbocycles. The van der Waals surface area contributed by atoms with Crippen molar-refractivity contribution in [2.24, 2.45) is 0 Å². The first-order valence-electron chi connectivity index (χ1n) is 11.4. The molecule has 0 N–H and O–H groups in total. The molecule has 1 spiro atoms. The summed E-state index contributed by atoms with van der Waals surface area (Å²) in [6.07, 6.45) is 6.01. The number of ether oxygens (including phenoxy) is 2. The largest absolute Gasteiger partial charge is 0.421 e. The normalized spacial score (nSPS) is 25.1. The number of esters is 2. The molecular formula is C25H25NO4S2. The predicted molar refractivity (Wildman–Crippen MR) is 125 cm³/mol. The third kappa shape index (κ3) is 3.38. The number of aryl methyl sites for hydroxylation is 1. The number of likely N-dealkylation sites (tertiary alicyclic amines) is 1. The van der Waals surface area contributed by atoms with Crippen LogP contribution in [0.15, 0.2) is 41.1 Å². The van der Waals surface area contributed by atoms with Crippen molar-refractivity contribution in [1.29, 1.82) is 0 Å². The summed E-state index contributed by atoms with van der Waals surface area (Å²) in [5.74, 6) is -2.31. The minimum absolute atomic E-state index is 0.180. The van der Waals surface area contributed by atoms with Gasteiger partial charge in [0.1, 0.15) is 0 Å². The van der Waals surface area contributed by atoms with Crippen LogP contribution in [0.4, 0.5) is 0 Å². The fraction of sp³-hybridized carbons (Fsp3) is 0.440. The van der Waals surface area contributed by atoms with Crippen LogP contribution in [0.5, 0.6) is 0 Å². The molecule has 4 heterocycles. The van der Waals surface area contributed by atoms with Gasteiger partial charge < -0.3 is 9.47 Å². The molecule has 0 bridgehead atoms. The summed E-state index contributed by atoms with van der Waals surface area (Å²) in [6.45, 7) is 1.48. The van der Waals surface area contributed by atoms with Crippen LogP contribution < -0.4 is 0 Å². The molecule has 2 fully saturated rings. The second-order valence-corrected chi connectivity index (χ2v) is 10.9. The van der Waals surface area contributed by atoms with Crippen molar-refractivity contribution in [1.82, 2.24) is 4.90 Å². The number of hydrogen-bond acceptors (Lipinski definition) is 7. The standard InChI is InChI=1S/C25H25NO4S2/c27-23-24(28)30-25(29-23)14-17(20-15-32-22-6-2-1-5-19(20)22)9-12-26(25)11-8-16-4-3-7-21-18(16)10-13-31-21/h1-2,5-6,10,13,15-17H,3-4,7-9,11-12,14H2. The number of hydrogen-bond donors (Lipinski definition) is 0. The van der Waals surface area contributed by atoms with Gasteiger partial charge in [-0.05, 0) is 83.3 Å². The van der Waals surface area contributed by atoms with Crippen molar-refractivity contribution >= 4 is 44.7 Å². The molecule has 5 nitrogen and oxygen atoms in total. The zero-order valence-electron chi connectivity index (χ0n) is 17.7. The van der Waals surface area contributed by atoms with E-state index < -0.39 is 17.8 Å². The maximum Gasteiger partial charge on any atom is 0.421 e. The zero-order chi connectivity index (χ0) is 21.7. The Morgan fingerprint density at radius 2 is 1.88 bits per heavy atom. The number of piperidine rings is 1. The molecule has 2 saturated heterocycles. The predicted octanol–water partition coefficient (Wildman–Crippen LogP) is 5.41. The van der Waals surface area contributed by atoms with Gasteiger partial charge in [0.25, 0.3) is 0 Å². The second kappa shape index (κ2) is 7.97. The molecule has 7 heteroatoms. The number of rotatable bonds is 4. The van der Waals surface area contributed by atoms with E-state index in [9.17, 15) is 9.59 Å². The van der Waals surface area contributed by atoms with Gasteiger partial charge in [-0.25, -0.2) is 14.5 Å². The minimum atomic E-state index is -1.27. The zero-order valence-corrected chi connectivity index (χ0v) is 19.4. The monoisotopic (exact) mass is 467 g/mol. The molecule has 1 aromatic carbocycles. The molecule has 2 aliphatic heterocycles. The highest BCUT2D eigenvalue weighted by Gasteiger charge is 2.56. The van der Waals surface area contributed by atoms with Crippen molar-refractivity contribution in [2.45, 2.75) is 56.3 Å². The lowest BCUT2D eigenvalue weighted by atomic mass is 9.84. The van der Waals surface area contributed by atoms with Gasteiger partial charge in [0.15, 0.2) is 0 Å². The van der Waals surface area contributed by atoms with Gasteiger partial charge in [0.2, 0.25) is 0 Å². The van der Waals surface area contributed by atoms with Crippen LogP contribution in [-0.4, -0.2) is 35.8 Å². The summed E-state index contributed by atoms with van der Waals surface area (Å²) in [7, 11) is 0. The summed E-state index contributed by atoms with van der Waals surface area (Å²) in [4.78, 5) is 27.8. The van der Waals surface area contributed by atoms with E-state index in [1.54, 1.807) is 11.3 Å². The molecule has 3 aliphatic rings. The number of benzene rings is 1. The highest BCUT2D eigenvalue weighted by atomic mass is 32.1. The van der Waals surface area contributed by atoms with Crippen LogP contribution in [0.3, 0.4) is 0 Å². The van der Waals surface area contributed by atoms with E-state index in [2.05, 4.69) is 46.0 Å². The molecule has 166 valence electrons. The Morgan fingerprint density at radius 3 is 2.75 bits per heavy atom. The van der Waals surface area contributed by atoms with Crippen LogP contribution in [0.2, 0.25) is 0 Å². The maximum atomic E-state index is 12.1. The summed E-state index contributed by atoms with van der Waals surface area (Å²) in [6, 6.07) is 10.7. The van der Waals surface area contributed by atoms with Crippen molar-refractivity contribution in [2.75, 3.05) is 13.1 Å². The average molecular weight is 468 g/mol. The summed E-state index contributed by atoms with van der Waals surface area (Å²) >= 11 is 3.59. The quantitative estimate of drug-likeness (QED) is 0.380. The van der Waals surface area contributed by atoms with Crippen LogP contribution in [0.25, 0.3) is 10.1 Å². The van der Waals surface area contributed by atoms with Gasteiger partial charge >= 0.3 is 17.8 Å². The Kier molecular flexibility index (Phi) is 5.08. The van der Waals surface area contributed by atoms with Gasteiger partial charge in [-0.1, -0.05) is 18.2 Å². The highest BCUT2D eigenvalue weighted by Crippen LogP contribution is 2.46. The molecule has 0 amide bonds. The fourth-order valence-electron chi connectivity index (χ4n) is 5.69. The smallest absolute Gasteiger partial charge is 0.400 e. The van der Waals surface area contributed by atoms with Crippen molar-refractivity contribution in [3.05, 3.63) is 57.1 Å². The Balaban J connectivity index is 1.25. The SMILES string of the molecule is O=C1OC2(CC(c3csc4ccccc34)CCN2CCC2CCCc3sccc32)OC1=O. The van der Waals surface area contributed by atoms with Crippen LogP contribution in [0, 0.1) is 0 Å². The lowest BCUT2D eigenvalue weighted by Gasteiger charge is -2.44. The van der Waals surface area contributed by atoms with Crippen LogP contribution in [-0.2, 0) is 25.5 Å². The Labute approximate surface area is 194 Å². The average Bonchev–Trinajstić information content (AvgIpc) is 3.51. The minimum Gasteiger partial charge on any atom is -0.400 e. The van der Waals surface area contributed by atoms with Crippen molar-refractivity contribution in [3.8, 4) is 0 Å². The Morgan fingerprint density at radius 1 is 1.03 bits per heavy atom. The fourth-order valence-corrected chi connectivity index (χ4v) is 7.74. The van der Waals surface area contributed by atoms with E-state index in [0.29, 0.717) is 12.3 Å². The molecule has 6 rings (SSSR count). The van der Waals surface area contributed by atoms with Crippen molar-refractivity contribution in [3.63, 3.8) is 0 Å². The molecular weight excluding hydrogens is 442 g/mol. The summed E-state index contributed by atoms with van der Waals surface area (Å²) in [5, 5.41) is 5.65. The number of fused-ring (bicyclic) bond motifs is 2. The second-order valence-electron chi connectivity index (χ2n) is 9.03. The molecule has 1 aliphatic carbocycles. The van der Waals surface area contributed by atoms with E-state index in [4.69, 9.17) is 9.47 Å². The van der Waals surface area contributed by atoms with Crippen LogP contribution in [0.1, 0.15) is 59.9 Å². The lowest BCUT2D eigenvalue weighted by Crippen LogP contribution is -2.55. The first-order chi connectivity index (χ1) is 15.6. The highest BCUT2D eigenvalue weighted by molar-refractivity contribution is 7.17.